The van der Waals surface area contributed by atoms with Gasteiger partial charge in [-0.1, -0.05) is 30.3 Å². The molecule has 0 radical (unpaired) electrons. The molecule has 1 atom stereocenters. The van der Waals surface area contributed by atoms with E-state index in [9.17, 15) is 9.59 Å². The molecule has 0 bridgehead atoms. The Morgan fingerprint density at radius 2 is 1.86 bits per heavy atom. The third-order valence-corrected chi connectivity index (χ3v) is 4.09. The molecular formula is C21H26N2O5. The number of hydrogen-bond acceptors (Lipinski definition) is 4. The number of ether oxygens (including phenoxy) is 2. The van der Waals surface area contributed by atoms with Crippen LogP contribution in [0.25, 0.3) is 0 Å². The molecule has 7 nitrogen and oxygen atoms in total. The van der Waals surface area contributed by atoms with Crippen molar-refractivity contribution in [2.24, 2.45) is 0 Å². The summed E-state index contributed by atoms with van der Waals surface area (Å²) in [5.74, 6) is 0.224. The molecule has 0 fully saturated rings. The number of amides is 2. The molecule has 150 valence electrons. The second kappa shape index (κ2) is 10.8. The van der Waals surface area contributed by atoms with E-state index in [1.807, 2.05) is 37.3 Å². The Labute approximate surface area is 164 Å². The van der Waals surface area contributed by atoms with Crippen LogP contribution in [0.4, 0.5) is 10.5 Å². The number of benzene rings is 2. The van der Waals surface area contributed by atoms with E-state index >= 15 is 0 Å². The maximum Gasteiger partial charge on any atom is 0.319 e. The second-order valence-corrected chi connectivity index (χ2v) is 6.22. The van der Waals surface area contributed by atoms with Gasteiger partial charge >= 0.3 is 12.0 Å². The predicted molar refractivity (Wildman–Crippen MR) is 107 cm³/mol. The van der Waals surface area contributed by atoms with Crippen molar-refractivity contribution in [3.05, 3.63) is 54.1 Å². The van der Waals surface area contributed by atoms with Gasteiger partial charge in [-0.3, -0.25) is 4.79 Å². The van der Waals surface area contributed by atoms with Crippen molar-refractivity contribution >= 4 is 17.7 Å². The van der Waals surface area contributed by atoms with Crippen molar-refractivity contribution in [1.29, 1.82) is 0 Å². The molecule has 3 N–H and O–H groups in total. The van der Waals surface area contributed by atoms with E-state index in [-0.39, 0.29) is 12.5 Å². The van der Waals surface area contributed by atoms with E-state index in [1.54, 1.807) is 18.2 Å². The number of carboxylic acids is 1. The van der Waals surface area contributed by atoms with Crippen molar-refractivity contribution < 1.29 is 24.2 Å². The maximum absolute atomic E-state index is 12.4. The average molecular weight is 386 g/mol. The van der Waals surface area contributed by atoms with Crippen molar-refractivity contribution in [3.63, 3.8) is 0 Å². The van der Waals surface area contributed by atoms with Gasteiger partial charge in [-0.25, -0.2) is 4.79 Å². The zero-order valence-electron chi connectivity index (χ0n) is 16.1. The zero-order chi connectivity index (χ0) is 20.4. The number of carboxylic acid groups (broad SMARTS) is 1. The van der Waals surface area contributed by atoms with Crippen molar-refractivity contribution in [2.75, 3.05) is 19.0 Å². The molecule has 2 aromatic carbocycles. The number of aliphatic carboxylic acids is 1. The highest BCUT2D eigenvalue weighted by molar-refractivity contribution is 5.90. The van der Waals surface area contributed by atoms with Gasteiger partial charge < -0.3 is 25.2 Å². The molecule has 0 aromatic heterocycles. The summed E-state index contributed by atoms with van der Waals surface area (Å²) in [6, 6.07) is 14.0. The predicted octanol–water partition coefficient (Wildman–Crippen LogP) is 3.69. The minimum Gasteiger partial charge on any atom is -0.493 e. The van der Waals surface area contributed by atoms with E-state index < -0.39 is 12.0 Å². The molecule has 0 aliphatic rings. The van der Waals surface area contributed by atoms with E-state index in [4.69, 9.17) is 14.6 Å². The number of methoxy groups -OCH3 is 1. The quantitative estimate of drug-likeness (QED) is 0.579. The summed E-state index contributed by atoms with van der Waals surface area (Å²) in [4.78, 5) is 23.4. The Balaban J connectivity index is 2.02. The number of hydrogen-bond donors (Lipinski definition) is 3. The van der Waals surface area contributed by atoms with Gasteiger partial charge in [0, 0.05) is 24.2 Å². The first-order chi connectivity index (χ1) is 13.5. The third kappa shape index (κ3) is 6.83. The number of carbonyl (C=O) groups is 2. The van der Waals surface area contributed by atoms with E-state index in [0.29, 0.717) is 36.6 Å². The Morgan fingerprint density at radius 1 is 1.11 bits per heavy atom. The summed E-state index contributed by atoms with van der Waals surface area (Å²) in [5.41, 5.74) is 1.58. The van der Waals surface area contributed by atoms with Gasteiger partial charge in [0.05, 0.1) is 13.7 Å². The fourth-order valence-electron chi connectivity index (χ4n) is 2.79. The number of urea groups is 1. The van der Waals surface area contributed by atoms with Gasteiger partial charge in [-0.2, -0.15) is 0 Å². The summed E-state index contributed by atoms with van der Waals surface area (Å²) in [6.07, 6.45) is 0.868. The SMILES string of the molecule is CCOc1ccc(NC(=O)NC(CCC(=O)O)Cc2ccccc2)cc1OC. The summed E-state index contributed by atoms with van der Waals surface area (Å²) >= 11 is 0. The number of carbonyl (C=O) groups excluding carboxylic acids is 1. The van der Waals surface area contributed by atoms with Crippen LogP contribution in [0.3, 0.4) is 0 Å². The largest absolute Gasteiger partial charge is 0.493 e. The minimum atomic E-state index is -0.892. The van der Waals surface area contributed by atoms with Gasteiger partial charge in [-0.15, -0.1) is 0 Å². The molecule has 2 rings (SSSR count). The summed E-state index contributed by atoms with van der Waals surface area (Å²) < 4.78 is 10.7. The summed E-state index contributed by atoms with van der Waals surface area (Å²) in [7, 11) is 1.53. The van der Waals surface area contributed by atoms with Crippen LogP contribution < -0.4 is 20.1 Å². The molecule has 1 unspecified atom stereocenters. The average Bonchev–Trinajstić information content (AvgIpc) is 2.68. The summed E-state index contributed by atoms with van der Waals surface area (Å²) in [6.45, 7) is 2.39. The summed E-state index contributed by atoms with van der Waals surface area (Å²) in [5, 5.41) is 14.6. The van der Waals surface area contributed by atoms with Crippen LogP contribution in [0.15, 0.2) is 48.5 Å². The Morgan fingerprint density at radius 3 is 2.50 bits per heavy atom. The molecule has 0 saturated heterocycles. The lowest BCUT2D eigenvalue weighted by molar-refractivity contribution is -0.137. The van der Waals surface area contributed by atoms with Gasteiger partial charge in [-0.05, 0) is 37.5 Å². The standard InChI is InChI=1S/C21H26N2O5/c1-3-28-18-11-9-17(14-19(18)27-2)23-21(26)22-16(10-12-20(24)25)13-15-7-5-4-6-8-15/h4-9,11,14,16H,3,10,12-13H2,1-2H3,(H,24,25)(H2,22,23,26). The molecule has 0 saturated carbocycles. The first-order valence-electron chi connectivity index (χ1n) is 9.16. The molecule has 0 aliphatic carbocycles. The van der Waals surface area contributed by atoms with Crippen LogP contribution in [0.5, 0.6) is 11.5 Å². The van der Waals surface area contributed by atoms with Gasteiger partial charge in [0.15, 0.2) is 11.5 Å². The van der Waals surface area contributed by atoms with Crippen molar-refractivity contribution in [1.82, 2.24) is 5.32 Å². The lowest BCUT2D eigenvalue weighted by Crippen LogP contribution is -2.39. The normalized spacial score (nSPS) is 11.4. The zero-order valence-corrected chi connectivity index (χ0v) is 16.1. The van der Waals surface area contributed by atoms with E-state index in [2.05, 4.69) is 10.6 Å². The minimum absolute atomic E-state index is 0.0192. The smallest absolute Gasteiger partial charge is 0.319 e. The molecule has 28 heavy (non-hydrogen) atoms. The topological polar surface area (TPSA) is 96.9 Å². The van der Waals surface area contributed by atoms with Crippen LogP contribution in [-0.4, -0.2) is 36.9 Å². The van der Waals surface area contributed by atoms with E-state index in [0.717, 1.165) is 5.56 Å². The molecule has 0 aliphatic heterocycles. The molecule has 2 aromatic rings. The molecule has 2 amide bonds. The third-order valence-electron chi connectivity index (χ3n) is 4.09. The first-order valence-corrected chi connectivity index (χ1v) is 9.16. The highest BCUT2D eigenvalue weighted by Gasteiger charge is 2.15. The highest BCUT2D eigenvalue weighted by Crippen LogP contribution is 2.30. The first kappa shape index (κ1) is 21.1. The fourth-order valence-corrected chi connectivity index (χ4v) is 2.79. The molecule has 0 spiro atoms. The van der Waals surface area contributed by atoms with Gasteiger partial charge in [0.2, 0.25) is 0 Å². The molecule has 0 heterocycles. The molecular weight excluding hydrogens is 360 g/mol. The Kier molecular flexibility index (Phi) is 8.14. The Hall–Kier alpha value is -3.22. The highest BCUT2D eigenvalue weighted by atomic mass is 16.5. The van der Waals surface area contributed by atoms with Gasteiger partial charge in [0.1, 0.15) is 0 Å². The van der Waals surface area contributed by atoms with Crippen LogP contribution in [0.2, 0.25) is 0 Å². The van der Waals surface area contributed by atoms with Crippen molar-refractivity contribution in [2.45, 2.75) is 32.2 Å². The monoisotopic (exact) mass is 386 g/mol. The number of anilines is 1. The van der Waals surface area contributed by atoms with Gasteiger partial charge in [0.25, 0.3) is 0 Å². The van der Waals surface area contributed by atoms with Crippen LogP contribution >= 0.6 is 0 Å². The van der Waals surface area contributed by atoms with E-state index in [1.165, 1.54) is 7.11 Å². The molecule has 7 heteroatoms. The maximum atomic E-state index is 12.4. The number of nitrogens with one attached hydrogen (secondary N) is 2. The van der Waals surface area contributed by atoms with Crippen LogP contribution in [0.1, 0.15) is 25.3 Å². The second-order valence-electron chi connectivity index (χ2n) is 6.22. The van der Waals surface area contributed by atoms with Crippen molar-refractivity contribution in [3.8, 4) is 11.5 Å². The van der Waals surface area contributed by atoms with Crippen LogP contribution in [0, 0.1) is 0 Å². The Bertz CT molecular complexity index is 780. The fraction of sp³-hybridized carbons (Fsp3) is 0.333. The van der Waals surface area contributed by atoms with Crippen LogP contribution in [-0.2, 0) is 11.2 Å². The lowest BCUT2D eigenvalue weighted by atomic mass is 10.0. The lowest BCUT2D eigenvalue weighted by Gasteiger charge is -2.19. The number of rotatable bonds is 10.